The molecule has 0 saturated carbocycles. The van der Waals surface area contributed by atoms with Gasteiger partial charge < -0.3 is 9.84 Å². The fraction of sp³-hybridized carbons (Fsp3) is 0.440. The van der Waals surface area contributed by atoms with Gasteiger partial charge in [-0.2, -0.15) is 0 Å². The van der Waals surface area contributed by atoms with Crippen LogP contribution < -0.4 is 0 Å². The van der Waals surface area contributed by atoms with Crippen LogP contribution in [-0.2, 0) is 25.8 Å². The smallest absolute Gasteiger partial charge is 0.316 e. The van der Waals surface area contributed by atoms with Crippen molar-refractivity contribution in [2.45, 2.75) is 64.3 Å². The molecule has 0 spiro atoms. The quantitative estimate of drug-likeness (QED) is 0.237. The third kappa shape index (κ3) is 8.90. The molecule has 0 aliphatic carbocycles. The Morgan fingerprint density at radius 3 is 2.23 bits per heavy atom. The minimum atomic E-state index is -0.882. The van der Waals surface area contributed by atoms with Gasteiger partial charge in [0.2, 0.25) is 6.41 Å². The second-order valence-electron chi connectivity index (χ2n) is 8.49. The molecule has 0 bridgehead atoms. The summed E-state index contributed by atoms with van der Waals surface area (Å²) in [4.78, 5) is 29.5. The van der Waals surface area contributed by atoms with E-state index >= 15 is 0 Å². The first-order chi connectivity index (χ1) is 14.8. The van der Waals surface area contributed by atoms with Crippen LogP contribution >= 0.6 is 0 Å². The molecule has 1 amide bonds. The van der Waals surface area contributed by atoms with Gasteiger partial charge in [-0.1, -0.05) is 60.7 Å². The molecule has 31 heavy (non-hydrogen) atoms. The lowest BCUT2D eigenvalue weighted by atomic mass is 9.90. The average molecular weight is 428 g/mol. The highest BCUT2D eigenvalue weighted by Gasteiger charge is 2.32. The third-order valence-corrected chi connectivity index (χ3v) is 4.69. The van der Waals surface area contributed by atoms with Gasteiger partial charge in [0, 0.05) is 6.54 Å². The van der Waals surface area contributed by atoms with Crippen LogP contribution in [0, 0.1) is 0 Å². The van der Waals surface area contributed by atoms with Gasteiger partial charge in [0.1, 0.15) is 18.1 Å². The minimum Gasteiger partial charge on any atom is -0.459 e. The van der Waals surface area contributed by atoms with Crippen molar-refractivity contribution < 1.29 is 24.3 Å². The highest BCUT2D eigenvalue weighted by molar-refractivity contribution is 5.79. The van der Waals surface area contributed by atoms with Crippen LogP contribution in [0.15, 0.2) is 60.7 Å². The molecule has 0 aliphatic rings. The summed E-state index contributed by atoms with van der Waals surface area (Å²) in [7, 11) is 0. The van der Waals surface area contributed by atoms with E-state index in [-0.39, 0.29) is 0 Å². The summed E-state index contributed by atoms with van der Waals surface area (Å²) in [5.41, 5.74) is 1.07. The fourth-order valence-electron chi connectivity index (χ4n) is 3.21. The zero-order valence-corrected chi connectivity index (χ0v) is 18.6. The lowest BCUT2D eigenvalue weighted by molar-refractivity contribution is -0.177. The number of aliphatic hydroxyl groups excluding tert-OH is 1. The number of benzene rings is 2. The number of hydrogen-bond donors (Lipinski definition) is 1. The molecule has 0 heterocycles. The number of carbonyl (C=O) groups excluding carboxylic acids is 2. The Morgan fingerprint density at radius 2 is 1.65 bits per heavy atom. The van der Waals surface area contributed by atoms with E-state index in [0.29, 0.717) is 38.8 Å². The number of ether oxygens (including phenoxy) is 1. The van der Waals surface area contributed by atoms with Crippen molar-refractivity contribution in [1.82, 2.24) is 5.06 Å². The Balaban J connectivity index is 1.86. The van der Waals surface area contributed by atoms with Gasteiger partial charge in [0.05, 0.1) is 6.10 Å². The Kier molecular flexibility index (Phi) is 9.69. The van der Waals surface area contributed by atoms with Crippen molar-refractivity contribution in [1.29, 1.82) is 0 Å². The van der Waals surface area contributed by atoms with Crippen molar-refractivity contribution in [2.75, 3.05) is 6.54 Å². The van der Waals surface area contributed by atoms with Gasteiger partial charge in [-0.15, -0.1) is 0 Å². The summed E-state index contributed by atoms with van der Waals surface area (Å²) in [6.07, 6.45) is 1.45. The normalized spacial score (nSPS) is 13.3. The highest BCUT2D eigenvalue weighted by atomic mass is 16.7. The molecule has 0 radical (unpaired) electrons. The van der Waals surface area contributed by atoms with Crippen LogP contribution in [0.2, 0.25) is 0 Å². The van der Waals surface area contributed by atoms with Crippen LogP contribution in [0.25, 0.3) is 0 Å². The fourth-order valence-corrected chi connectivity index (χ4v) is 3.21. The van der Waals surface area contributed by atoms with Gasteiger partial charge in [0.25, 0.3) is 0 Å². The number of rotatable bonds is 12. The monoisotopic (exact) mass is 427 g/mol. The topological polar surface area (TPSA) is 76.1 Å². The van der Waals surface area contributed by atoms with Gasteiger partial charge in [-0.25, -0.2) is 5.06 Å². The summed E-state index contributed by atoms with van der Waals surface area (Å²) in [5, 5.41) is 12.1. The third-order valence-electron chi connectivity index (χ3n) is 4.69. The molecule has 2 atom stereocenters. The molecule has 2 aromatic carbocycles. The van der Waals surface area contributed by atoms with E-state index in [2.05, 4.69) is 0 Å². The van der Waals surface area contributed by atoms with Gasteiger partial charge >= 0.3 is 5.97 Å². The minimum absolute atomic E-state index is 0.316. The van der Waals surface area contributed by atoms with E-state index in [9.17, 15) is 14.7 Å². The first-order valence-corrected chi connectivity index (χ1v) is 10.6. The molecular weight excluding hydrogens is 394 g/mol. The Labute approximate surface area is 184 Å². The van der Waals surface area contributed by atoms with Crippen LogP contribution in [0.1, 0.15) is 57.1 Å². The first-order valence-electron chi connectivity index (χ1n) is 10.6. The molecule has 0 aromatic heterocycles. The Bertz CT molecular complexity index is 789. The van der Waals surface area contributed by atoms with Crippen LogP contribution in [-0.4, -0.2) is 40.8 Å². The molecule has 1 N–H and O–H groups in total. The Hall–Kier alpha value is -2.70. The van der Waals surface area contributed by atoms with Crippen molar-refractivity contribution in [3.8, 4) is 0 Å². The SMILES string of the molecule is CC(C)(C)OC(=O)C(c1ccccc1)C(O)CCCCN(C=O)OCc1ccccc1. The van der Waals surface area contributed by atoms with E-state index in [1.165, 1.54) is 5.06 Å². The number of amides is 1. The van der Waals surface area contributed by atoms with E-state index in [1.54, 1.807) is 0 Å². The standard InChI is InChI=1S/C25H33NO5/c1-25(2,3)31-24(29)23(21-14-8-5-9-15-21)22(28)16-10-11-17-26(19-27)30-18-20-12-6-4-7-13-20/h4-9,12-15,19,22-23,28H,10-11,16-18H2,1-3H3. The molecule has 6 nitrogen and oxygen atoms in total. The molecule has 6 heteroatoms. The van der Waals surface area contributed by atoms with Gasteiger partial charge in [0.15, 0.2) is 0 Å². The zero-order valence-electron chi connectivity index (χ0n) is 18.6. The predicted octanol–water partition coefficient (Wildman–Crippen LogP) is 4.23. The van der Waals surface area contributed by atoms with E-state index in [4.69, 9.17) is 9.57 Å². The Morgan fingerprint density at radius 1 is 1.03 bits per heavy atom. The maximum absolute atomic E-state index is 12.8. The summed E-state index contributed by atoms with van der Waals surface area (Å²) >= 11 is 0. The molecule has 2 rings (SSSR count). The predicted molar refractivity (Wildman–Crippen MR) is 119 cm³/mol. The van der Waals surface area contributed by atoms with Crippen LogP contribution in [0.3, 0.4) is 0 Å². The van der Waals surface area contributed by atoms with Crippen molar-refractivity contribution in [2.24, 2.45) is 0 Å². The van der Waals surface area contributed by atoms with Gasteiger partial charge in [-0.05, 0) is 51.2 Å². The summed E-state index contributed by atoms with van der Waals surface area (Å²) in [5.74, 6) is -1.19. The van der Waals surface area contributed by atoms with Crippen LogP contribution in [0.5, 0.6) is 0 Å². The number of carbonyl (C=O) groups is 2. The summed E-state index contributed by atoms with van der Waals surface area (Å²) in [6.45, 7) is 6.15. The molecular formula is C25H33NO5. The molecule has 0 fully saturated rings. The molecule has 168 valence electrons. The number of esters is 1. The summed E-state index contributed by atoms with van der Waals surface area (Å²) < 4.78 is 5.54. The first kappa shape index (κ1) is 24.6. The van der Waals surface area contributed by atoms with Gasteiger partial charge in [-0.3, -0.25) is 14.4 Å². The van der Waals surface area contributed by atoms with Crippen molar-refractivity contribution in [3.05, 3.63) is 71.8 Å². The van der Waals surface area contributed by atoms with E-state index < -0.39 is 23.6 Å². The number of hydroxylamine groups is 2. The van der Waals surface area contributed by atoms with E-state index in [1.807, 2.05) is 81.4 Å². The number of unbranched alkanes of at least 4 members (excludes halogenated alkanes) is 1. The zero-order chi connectivity index (χ0) is 22.7. The second-order valence-corrected chi connectivity index (χ2v) is 8.49. The molecule has 2 unspecified atom stereocenters. The van der Waals surface area contributed by atoms with Crippen molar-refractivity contribution in [3.63, 3.8) is 0 Å². The lowest BCUT2D eigenvalue weighted by Crippen LogP contribution is -2.33. The van der Waals surface area contributed by atoms with Crippen molar-refractivity contribution >= 4 is 12.4 Å². The number of aliphatic hydroxyl groups is 1. The average Bonchev–Trinajstić information content (AvgIpc) is 2.73. The van der Waals surface area contributed by atoms with Crippen LogP contribution in [0.4, 0.5) is 0 Å². The largest absolute Gasteiger partial charge is 0.459 e. The highest BCUT2D eigenvalue weighted by Crippen LogP contribution is 2.27. The number of hydrogen-bond acceptors (Lipinski definition) is 5. The molecule has 0 aliphatic heterocycles. The summed E-state index contributed by atoms with van der Waals surface area (Å²) in [6, 6.07) is 18.8. The number of nitrogens with zero attached hydrogens (tertiary/aromatic N) is 1. The maximum Gasteiger partial charge on any atom is 0.316 e. The lowest BCUT2D eigenvalue weighted by Gasteiger charge is -2.27. The van der Waals surface area contributed by atoms with E-state index in [0.717, 1.165) is 11.1 Å². The maximum atomic E-state index is 12.8. The second kappa shape index (κ2) is 12.2. The molecule has 0 saturated heterocycles. The molecule has 2 aromatic rings.